The highest BCUT2D eigenvalue weighted by molar-refractivity contribution is 6.03. The van der Waals surface area contributed by atoms with Crippen molar-refractivity contribution in [3.8, 4) is 0 Å². The average Bonchev–Trinajstić information content (AvgIpc) is 1.26. The predicted octanol–water partition coefficient (Wildman–Crippen LogP) is 1.04. The van der Waals surface area contributed by atoms with Gasteiger partial charge in [0.05, 0.1) is 38.6 Å². The van der Waals surface area contributed by atoms with E-state index >= 15 is 0 Å². The molecule has 648 valence electrons. The maximum Gasteiger partial charge on any atom is 0.248 e. The number of nitrogens with zero attached hydrogens (tertiary/aromatic N) is 5. The highest BCUT2D eigenvalue weighted by Gasteiger charge is 2.48. The van der Waals surface area contributed by atoms with Crippen LogP contribution >= 0.6 is 0 Å². The molecule has 13 N–H and O–H groups in total. The first kappa shape index (κ1) is 96.6. The lowest BCUT2D eigenvalue weighted by Gasteiger charge is -2.42. The molecule has 0 aromatic rings. The standard InChI is InChI=1S/C81H138N18O16/c1-48(2)43-53(47-96-39-30-38-95-37-29-34-61(95)96)85-69(110)76(11,12)89-64(105)55(45-50(5)6)86-62(103)51(7)84-68(109)75(9,10)90-66(107)57-32-25-28-42-99(57)74(115)81(21,22)94-71(112)78(15,16)88-60(102)46-83-59(101)35-36-82-63(104)54(44-49(3)4)87-70(111)77(13,14)93-72(113)79(17,18)91-67(108)58-33-24-27-41-98(58)73(114)80(19,20)92-65(106)56-31-23-26-40-97(56)52(8)100/h48-51,53-58H,23-47H2,1-22H3,(H12-,82,83,84,85,86,87,88,89,90,91,92,93,94,101,102,103,104,105,106,107,108,109,110,111,112,113)/p+1/t51-,53?,54-,55-,56?,57?,58?/m0/s1. The lowest BCUT2D eigenvalue weighted by molar-refractivity contribution is -0.530. The van der Waals surface area contributed by atoms with Crippen LogP contribution in [0.3, 0.4) is 0 Å². The van der Waals surface area contributed by atoms with Gasteiger partial charge in [0.2, 0.25) is 100 Å². The molecule has 0 aromatic heterocycles. The summed E-state index contributed by atoms with van der Waals surface area (Å²) in [5.74, 6) is -8.51. The normalized spacial score (nSPS) is 18.9. The van der Waals surface area contributed by atoms with Gasteiger partial charge in [0, 0.05) is 45.9 Å². The maximum atomic E-state index is 14.5. The predicted molar refractivity (Wildman–Crippen MR) is 432 cm³/mol. The summed E-state index contributed by atoms with van der Waals surface area (Å²) in [5, 5.41) is 35.5. The number of piperidine rings is 3. The van der Waals surface area contributed by atoms with Crippen LogP contribution in [0.25, 0.3) is 0 Å². The smallest absolute Gasteiger partial charge is 0.248 e. The van der Waals surface area contributed by atoms with E-state index in [0.717, 1.165) is 58.2 Å². The van der Waals surface area contributed by atoms with Crippen molar-refractivity contribution in [3.63, 3.8) is 0 Å². The van der Waals surface area contributed by atoms with Crippen LogP contribution in [-0.2, 0) is 76.7 Å². The zero-order valence-electron chi connectivity index (χ0n) is 72.7. The Kier molecular flexibility index (Phi) is 34.2. The lowest BCUT2D eigenvalue weighted by atomic mass is 9.93. The van der Waals surface area contributed by atoms with Crippen molar-refractivity contribution < 1.29 is 81.3 Å². The van der Waals surface area contributed by atoms with Crippen LogP contribution < -0.4 is 69.1 Å². The molecule has 5 aliphatic rings. The molecule has 34 nitrogen and oxygen atoms in total. The Morgan fingerprint density at radius 2 is 0.800 bits per heavy atom. The van der Waals surface area contributed by atoms with E-state index in [1.807, 2.05) is 27.7 Å². The summed E-state index contributed by atoms with van der Waals surface area (Å²) in [7, 11) is 0. The quantitative estimate of drug-likeness (QED) is 0.0387. The van der Waals surface area contributed by atoms with E-state index in [2.05, 4.69) is 92.4 Å². The summed E-state index contributed by atoms with van der Waals surface area (Å²) in [4.78, 5) is 227. The molecule has 34 heteroatoms. The first-order valence-electron chi connectivity index (χ1n) is 41.4. The number of carbonyl (C=O) groups excluding carboxylic acids is 16. The van der Waals surface area contributed by atoms with Crippen molar-refractivity contribution in [3.05, 3.63) is 0 Å². The van der Waals surface area contributed by atoms with Crippen LogP contribution in [0.1, 0.15) is 255 Å². The van der Waals surface area contributed by atoms with Gasteiger partial charge in [-0.05, 0) is 205 Å². The number of amides is 16. The topological polar surface area (TPSA) is 445 Å². The molecule has 0 spiro atoms. The van der Waals surface area contributed by atoms with Crippen molar-refractivity contribution in [2.24, 2.45) is 17.8 Å². The Labute approximate surface area is 680 Å². The Balaban J connectivity index is 1.07. The summed E-state index contributed by atoms with van der Waals surface area (Å²) in [6, 6.07) is -6.43. The van der Waals surface area contributed by atoms with Crippen LogP contribution in [0.15, 0.2) is 0 Å². The molecule has 5 heterocycles. The van der Waals surface area contributed by atoms with Crippen molar-refractivity contribution in [1.29, 1.82) is 0 Å². The minimum absolute atomic E-state index is 0.0689. The van der Waals surface area contributed by atoms with Crippen molar-refractivity contribution >= 4 is 100 Å². The minimum atomic E-state index is -1.67. The summed E-state index contributed by atoms with van der Waals surface area (Å²) >= 11 is 0. The molecule has 16 amide bonds. The fourth-order valence-electron chi connectivity index (χ4n) is 15.1. The second-order valence-corrected chi connectivity index (χ2v) is 37.0. The molecule has 115 heavy (non-hydrogen) atoms. The van der Waals surface area contributed by atoms with E-state index in [1.165, 1.54) is 104 Å². The summed E-state index contributed by atoms with van der Waals surface area (Å²) in [6.45, 7) is 38.6. The largest absolute Gasteiger partial charge is 0.354 e. The molecule has 5 aliphatic heterocycles. The number of amidine groups is 1. The summed E-state index contributed by atoms with van der Waals surface area (Å²) in [5.41, 5.74) is -11.1. The molecule has 5 rings (SSSR count). The number of rotatable bonds is 37. The van der Waals surface area contributed by atoms with Crippen LogP contribution in [-0.4, -0.2) is 264 Å². The average molecular weight is 1620 g/mol. The molecule has 0 radical (unpaired) electrons. The molecule has 7 atom stereocenters. The van der Waals surface area contributed by atoms with Gasteiger partial charge in [0.15, 0.2) is 0 Å². The molecule has 3 fully saturated rings. The van der Waals surface area contributed by atoms with Crippen LogP contribution in [0, 0.1) is 17.8 Å². The van der Waals surface area contributed by atoms with E-state index in [4.69, 9.17) is 0 Å². The van der Waals surface area contributed by atoms with Gasteiger partial charge in [0.25, 0.3) is 0 Å². The SMILES string of the molecule is CC(=O)N1CCCCC1C(=O)NC(C)(C)C(=O)N1CCCCC1C(=O)NC(C)(C)C(=O)NC(C)(C)C(=O)N[C@@H](CC(C)C)C(=O)NCCC(=O)NCC(=O)NC(C)(C)C(=O)NC(C)(C)C(=O)N1CCCCC1C(=O)NC(C)(C)C(=O)N[C@@H](C)C(=O)N[C@@H](CC(C)C)C(=O)NC(C)(C)C(=O)NC(CC(C)C)CN1CCC[N+]2=C1CCC2. The molecular weight excluding hydrogens is 1480 g/mol. The number of likely N-dealkylation sites (tertiary alicyclic amines) is 3. The van der Waals surface area contributed by atoms with Gasteiger partial charge >= 0.3 is 0 Å². The van der Waals surface area contributed by atoms with Gasteiger partial charge in [-0.3, -0.25) is 86.2 Å². The first-order chi connectivity index (χ1) is 53.1. The van der Waals surface area contributed by atoms with Crippen molar-refractivity contribution in [1.82, 2.24) is 88.7 Å². The second-order valence-electron chi connectivity index (χ2n) is 37.0. The van der Waals surface area contributed by atoms with E-state index in [0.29, 0.717) is 51.1 Å². The fourth-order valence-corrected chi connectivity index (χ4v) is 15.1. The van der Waals surface area contributed by atoms with Crippen LogP contribution in [0.2, 0.25) is 0 Å². The zero-order chi connectivity index (χ0) is 86.8. The van der Waals surface area contributed by atoms with Crippen molar-refractivity contribution in [2.45, 2.75) is 336 Å². The third-order valence-electron chi connectivity index (χ3n) is 21.8. The van der Waals surface area contributed by atoms with E-state index in [-0.39, 0.29) is 81.4 Å². The van der Waals surface area contributed by atoms with Gasteiger partial charge in [-0.25, -0.2) is 0 Å². The molecule has 0 aromatic carbocycles. The number of nitrogens with one attached hydrogen (secondary N) is 13. The van der Waals surface area contributed by atoms with Crippen LogP contribution in [0.4, 0.5) is 0 Å². The highest BCUT2D eigenvalue weighted by atomic mass is 16.2. The number of hydrogen-bond acceptors (Lipinski definition) is 17. The summed E-state index contributed by atoms with van der Waals surface area (Å²) in [6.07, 6.45) is 8.62. The molecule has 3 saturated heterocycles. The van der Waals surface area contributed by atoms with Gasteiger partial charge < -0.3 is 83.8 Å². The minimum Gasteiger partial charge on any atom is -0.354 e. The Bertz CT molecular complexity index is 3620. The second kappa shape index (κ2) is 40.7. The third-order valence-corrected chi connectivity index (χ3v) is 21.8. The van der Waals surface area contributed by atoms with Gasteiger partial charge in [0.1, 0.15) is 81.6 Å². The summed E-state index contributed by atoms with van der Waals surface area (Å²) < 4.78 is 2.43. The van der Waals surface area contributed by atoms with Gasteiger partial charge in [-0.1, -0.05) is 41.5 Å². The molecule has 0 saturated carbocycles. The monoisotopic (exact) mass is 1620 g/mol. The Hall–Kier alpha value is -9.01. The number of carbonyl (C=O) groups is 16. The van der Waals surface area contributed by atoms with Gasteiger partial charge in [-0.15, -0.1) is 0 Å². The molecule has 0 bridgehead atoms. The van der Waals surface area contributed by atoms with Crippen LogP contribution in [0.5, 0.6) is 0 Å². The Morgan fingerprint density at radius 3 is 1.30 bits per heavy atom. The fraction of sp³-hybridized carbons (Fsp3) is 0.790. The lowest BCUT2D eigenvalue weighted by Crippen LogP contribution is -2.67. The van der Waals surface area contributed by atoms with Crippen molar-refractivity contribution in [2.75, 3.05) is 58.9 Å². The molecular formula is C81H139N18O16+. The Morgan fingerprint density at radius 1 is 0.391 bits per heavy atom. The first-order valence-corrected chi connectivity index (χ1v) is 41.4. The number of hydrogen-bond donors (Lipinski definition) is 13. The molecule has 4 unspecified atom stereocenters. The highest BCUT2D eigenvalue weighted by Crippen LogP contribution is 2.27. The maximum absolute atomic E-state index is 14.5. The third kappa shape index (κ3) is 27.8. The van der Waals surface area contributed by atoms with E-state index < -0.39 is 164 Å². The van der Waals surface area contributed by atoms with E-state index in [1.54, 1.807) is 27.7 Å². The van der Waals surface area contributed by atoms with E-state index in [9.17, 15) is 76.7 Å². The van der Waals surface area contributed by atoms with Gasteiger partial charge in [-0.2, -0.15) is 0 Å². The zero-order valence-corrected chi connectivity index (χ0v) is 72.7. The molecule has 0 aliphatic carbocycles.